The molecule has 0 heterocycles. The van der Waals surface area contributed by atoms with E-state index in [-0.39, 0.29) is 18.2 Å². The smallest absolute Gasteiger partial charge is 0.226 e. The Morgan fingerprint density at radius 3 is 2.76 bits per heavy atom. The van der Waals surface area contributed by atoms with Gasteiger partial charge in [-0.2, -0.15) is 5.26 Å². The summed E-state index contributed by atoms with van der Waals surface area (Å²) < 4.78 is 0. The topological polar surface area (TPSA) is 44.1 Å². The molecule has 1 atom stereocenters. The molecule has 0 aromatic heterocycles. The van der Waals surface area contributed by atoms with Crippen LogP contribution in [-0.2, 0) is 11.2 Å². The lowest BCUT2D eigenvalue weighted by Gasteiger charge is -2.18. The van der Waals surface area contributed by atoms with Crippen LogP contribution in [0.25, 0.3) is 0 Å². The third-order valence-corrected chi connectivity index (χ3v) is 2.86. The van der Waals surface area contributed by atoms with Gasteiger partial charge < -0.3 is 4.90 Å². The van der Waals surface area contributed by atoms with Crippen LogP contribution < -0.4 is 0 Å². The van der Waals surface area contributed by atoms with Crippen molar-refractivity contribution in [2.24, 2.45) is 5.92 Å². The first-order valence-corrected chi connectivity index (χ1v) is 5.79. The molecule has 0 fully saturated rings. The number of nitriles is 1. The molecule has 1 rings (SSSR count). The minimum Gasteiger partial charge on any atom is -0.344 e. The summed E-state index contributed by atoms with van der Waals surface area (Å²) in [6, 6.07) is 9.39. The maximum atomic E-state index is 11.9. The molecule has 1 unspecified atom stereocenters. The minimum atomic E-state index is -0.157. The number of hydrogen-bond acceptors (Lipinski definition) is 2. The molecule has 0 saturated heterocycles. The van der Waals surface area contributed by atoms with E-state index in [9.17, 15) is 4.79 Å². The van der Waals surface area contributed by atoms with E-state index in [0.29, 0.717) is 11.6 Å². The molecule has 0 N–H and O–H groups in total. The molecule has 0 spiro atoms. The zero-order chi connectivity index (χ0) is 12.8. The Labute approximate surface area is 107 Å². The highest BCUT2D eigenvalue weighted by molar-refractivity contribution is 6.31. The van der Waals surface area contributed by atoms with Crippen molar-refractivity contribution >= 4 is 17.5 Å². The molecule has 90 valence electrons. The lowest BCUT2D eigenvalue weighted by molar-refractivity contribution is -0.129. The Kier molecular flexibility index (Phi) is 4.99. The Morgan fingerprint density at radius 2 is 2.18 bits per heavy atom. The number of likely N-dealkylation sites (N-methyl/N-ethyl adjacent to an activating group) is 1. The van der Waals surface area contributed by atoms with Gasteiger partial charge in [0.2, 0.25) is 5.91 Å². The molecule has 17 heavy (non-hydrogen) atoms. The van der Waals surface area contributed by atoms with E-state index in [1.54, 1.807) is 24.9 Å². The third kappa shape index (κ3) is 4.08. The van der Waals surface area contributed by atoms with E-state index in [0.717, 1.165) is 5.56 Å². The van der Waals surface area contributed by atoms with Crippen LogP contribution in [0.1, 0.15) is 12.5 Å². The SMILES string of the molecule is CC(C#N)CN(C)C(=O)Cc1ccccc1Cl. The average molecular weight is 251 g/mol. The van der Waals surface area contributed by atoms with Gasteiger partial charge in [-0.1, -0.05) is 29.8 Å². The molecule has 1 amide bonds. The van der Waals surface area contributed by atoms with Crippen LogP contribution in [0.4, 0.5) is 0 Å². The lowest BCUT2D eigenvalue weighted by atomic mass is 10.1. The number of hydrogen-bond donors (Lipinski definition) is 0. The highest BCUT2D eigenvalue weighted by Gasteiger charge is 2.13. The van der Waals surface area contributed by atoms with E-state index in [4.69, 9.17) is 16.9 Å². The summed E-state index contributed by atoms with van der Waals surface area (Å²) in [6.07, 6.45) is 0.272. The molecular weight excluding hydrogens is 236 g/mol. The van der Waals surface area contributed by atoms with E-state index in [2.05, 4.69) is 6.07 Å². The van der Waals surface area contributed by atoms with Gasteiger partial charge in [0.15, 0.2) is 0 Å². The molecule has 1 aromatic rings. The highest BCUT2D eigenvalue weighted by atomic mass is 35.5. The van der Waals surface area contributed by atoms with Crippen LogP contribution in [0.3, 0.4) is 0 Å². The number of halogens is 1. The highest BCUT2D eigenvalue weighted by Crippen LogP contribution is 2.16. The van der Waals surface area contributed by atoms with E-state index < -0.39 is 0 Å². The van der Waals surface area contributed by atoms with E-state index in [1.165, 1.54) is 0 Å². The lowest BCUT2D eigenvalue weighted by Crippen LogP contribution is -2.31. The largest absolute Gasteiger partial charge is 0.344 e. The Morgan fingerprint density at radius 1 is 1.53 bits per heavy atom. The van der Waals surface area contributed by atoms with Gasteiger partial charge in [0.05, 0.1) is 18.4 Å². The fourth-order valence-corrected chi connectivity index (χ4v) is 1.70. The first-order valence-electron chi connectivity index (χ1n) is 5.41. The Balaban J connectivity index is 2.61. The Hall–Kier alpha value is -1.53. The third-order valence-electron chi connectivity index (χ3n) is 2.49. The van der Waals surface area contributed by atoms with Crippen LogP contribution in [0, 0.1) is 17.2 Å². The van der Waals surface area contributed by atoms with Crippen molar-refractivity contribution in [1.82, 2.24) is 4.90 Å². The monoisotopic (exact) mass is 250 g/mol. The molecule has 0 bridgehead atoms. The average Bonchev–Trinajstić information content (AvgIpc) is 2.31. The molecule has 3 nitrogen and oxygen atoms in total. The summed E-state index contributed by atoms with van der Waals surface area (Å²) in [5.41, 5.74) is 0.815. The molecular formula is C13H15ClN2O. The minimum absolute atomic E-state index is 0.0276. The van der Waals surface area contributed by atoms with Crippen LogP contribution >= 0.6 is 11.6 Å². The zero-order valence-electron chi connectivity index (χ0n) is 9.98. The number of carbonyl (C=O) groups excluding carboxylic acids is 1. The standard InChI is InChI=1S/C13H15ClN2O/c1-10(8-15)9-16(2)13(17)7-11-5-3-4-6-12(11)14/h3-6,10H,7,9H2,1-2H3. The fourth-order valence-electron chi connectivity index (χ4n) is 1.49. The van der Waals surface area contributed by atoms with Gasteiger partial charge in [0.25, 0.3) is 0 Å². The van der Waals surface area contributed by atoms with E-state index in [1.807, 2.05) is 18.2 Å². The molecule has 0 aliphatic carbocycles. The van der Waals surface area contributed by atoms with Crippen molar-refractivity contribution in [1.29, 1.82) is 5.26 Å². The number of carbonyl (C=O) groups is 1. The second-order valence-electron chi connectivity index (χ2n) is 4.07. The van der Waals surface area contributed by atoms with Crippen molar-refractivity contribution < 1.29 is 4.79 Å². The number of nitrogens with zero attached hydrogens (tertiary/aromatic N) is 2. The predicted molar refractivity (Wildman–Crippen MR) is 67.6 cm³/mol. The van der Waals surface area contributed by atoms with Crippen molar-refractivity contribution in [2.45, 2.75) is 13.3 Å². The second-order valence-corrected chi connectivity index (χ2v) is 4.48. The quantitative estimate of drug-likeness (QED) is 0.824. The normalized spacial score (nSPS) is 11.6. The second kappa shape index (κ2) is 6.27. The molecule has 4 heteroatoms. The van der Waals surface area contributed by atoms with Crippen molar-refractivity contribution in [3.8, 4) is 6.07 Å². The molecule has 1 aromatic carbocycles. The maximum Gasteiger partial charge on any atom is 0.226 e. The van der Waals surface area contributed by atoms with Gasteiger partial charge in [0.1, 0.15) is 0 Å². The summed E-state index contributed by atoms with van der Waals surface area (Å²) in [7, 11) is 1.70. The van der Waals surface area contributed by atoms with Gasteiger partial charge in [-0.25, -0.2) is 0 Å². The van der Waals surface area contributed by atoms with Crippen molar-refractivity contribution in [2.75, 3.05) is 13.6 Å². The number of rotatable bonds is 4. The summed E-state index contributed by atoms with van der Waals surface area (Å²) in [4.78, 5) is 13.4. The molecule has 0 radical (unpaired) electrons. The summed E-state index contributed by atoms with van der Waals surface area (Å²) in [6.45, 7) is 2.24. The molecule has 0 aliphatic heterocycles. The van der Waals surface area contributed by atoms with Gasteiger partial charge >= 0.3 is 0 Å². The van der Waals surface area contributed by atoms with Crippen LogP contribution in [0.15, 0.2) is 24.3 Å². The summed E-state index contributed by atoms with van der Waals surface area (Å²) in [5.74, 6) is -0.185. The van der Waals surface area contributed by atoms with Gasteiger partial charge in [-0.05, 0) is 18.6 Å². The predicted octanol–water partition coefficient (Wildman–Crippen LogP) is 2.50. The van der Waals surface area contributed by atoms with Crippen LogP contribution in [-0.4, -0.2) is 24.4 Å². The fraction of sp³-hybridized carbons (Fsp3) is 0.385. The maximum absolute atomic E-state index is 11.9. The molecule has 0 saturated carbocycles. The van der Waals surface area contributed by atoms with Crippen LogP contribution in [0.5, 0.6) is 0 Å². The van der Waals surface area contributed by atoms with E-state index >= 15 is 0 Å². The van der Waals surface area contributed by atoms with Gasteiger partial charge in [0, 0.05) is 18.6 Å². The van der Waals surface area contributed by atoms with Gasteiger partial charge in [-0.15, -0.1) is 0 Å². The van der Waals surface area contributed by atoms with Crippen molar-refractivity contribution in [3.63, 3.8) is 0 Å². The first-order chi connectivity index (χ1) is 8.04. The summed E-state index contributed by atoms with van der Waals surface area (Å²) in [5, 5.41) is 9.29. The number of amides is 1. The van der Waals surface area contributed by atoms with Crippen molar-refractivity contribution in [3.05, 3.63) is 34.9 Å². The van der Waals surface area contributed by atoms with Crippen LogP contribution in [0.2, 0.25) is 5.02 Å². The Bertz CT molecular complexity index is 439. The zero-order valence-corrected chi connectivity index (χ0v) is 10.7. The summed E-state index contributed by atoms with van der Waals surface area (Å²) >= 11 is 5.98. The van der Waals surface area contributed by atoms with Gasteiger partial charge in [-0.3, -0.25) is 4.79 Å². The molecule has 0 aliphatic rings. The first kappa shape index (κ1) is 13.5. The number of benzene rings is 1.